The topological polar surface area (TPSA) is 81.4 Å². The molecule has 3 amide bonds. The predicted octanol–water partition coefficient (Wildman–Crippen LogP) is 2.02. The zero-order valence-electron chi connectivity index (χ0n) is 17.5. The fraction of sp³-hybridized carbons (Fsp3) is 0.217. The molecule has 1 N–H and O–H groups in total. The first kappa shape index (κ1) is 19.0. The molecule has 1 unspecified atom stereocenters. The number of allylic oxidation sites excluding steroid dienone is 1. The first-order valence-corrected chi connectivity index (χ1v) is 10.1. The highest BCUT2D eigenvalue weighted by Gasteiger charge is 2.60. The number of phenolic OH excluding ortho intramolecular Hbond substituents is 1. The number of guanidine groups is 1. The van der Waals surface area contributed by atoms with Crippen LogP contribution in [-0.2, 0) is 4.79 Å². The van der Waals surface area contributed by atoms with Crippen LogP contribution in [0.4, 0.5) is 10.5 Å². The lowest BCUT2D eigenvalue weighted by Crippen LogP contribution is -2.63. The van der Waals surface area contributed by atoms with E-state index in [1.54, 1.807) is 19.2 Å². The second kappa shape index (κ2) is 6.75. The van der Waals surface area contributed by atoms with E-state index in [4.69, 9.17) is 4.67 Å². The third-order valence-electron chi connectivity index (χ3n) is 5.89. The molecule has 31 heavy (non-hydrogen) atoms. The molecule has 2 aromatic carbocycles. The average molecular weight is 416 g/mol. The standard InChI is InChI=1S/C23H21N5O3/c1-4-17-18(14-8-6-5-7-9-14)27(15-10-12-16(29)13-11-15)22-24-20-19(28(17)22)21(30)26(3)23(31)25(20)2/h5-13,19H,4H2,1-3H3/p+1. The number of hydrogen-bond donors (Lipinski definition) is 1. The molecule has 0 saturated carbocycles. The summed E-state index contributed by atoms with van der Waals surface area (Å²) < 4.78 is 4.78. The van der Waals surface area contributed by atoms with Gasteiger partial charge in [0, 0.05) is 12.6 Å². The number of carbonyl (C=O) groups excluding carboxylic acids is 2. The fourth-order valence-electron chi connectivity index (χ4n) is 4.38. The maximum atomic E-state index is 13.2. The molecular weight excluding hydrogens is 394 g/mol. The van der Waals surface area contributed by atoms with Gasteiger partial charge in [0.1, 0.15) is 17.1 Å². The van der Waals surface area contributed by atoms with Gasteiger partial charge in [-0.25, -0.2) is 24.2 Å². The third-order valence-corrected chi connectivity index (χ3v) is 5.89. The van der Waals surface area contributed by atoms with Crippen molar-refractivity contribution >= 4 is 35.1 Å². The molecule has 3 heterocycles. The van der Waals surface area contributed by atoms with Gasteiger partial charge in [0.15, 0.2) is 0 Å². The van der Waals surface area contributed by atoms with E-state index < -0.39 is 12.1 Å². The molecule has 2 aromatic rings. The Kier molecular flexibility index (Phi) is 4.13. The van der Waals surface area contributed by atoms with Gasteiger partial charge in [0.05, 0.1) is 12.7 Å². The molecule has 1 fully saturated rings. The van der Waals surface area contributed by atoms with Gasteiger partial charge >= 0.3 is 17.8 Å². The normalized spacial score (nSPS) is 20.3. The zero-order chi connectivity index (χ0) is 21.9. The van der Waals surface area contributed by atoms with E-state index in [0.717, 1.165) is 27.5 Å². The minimum absolute atomic E-state index is 0.166. The fourth-order valence-corrected chi connectivity index (χ4v) is 4.38. The molecule has 0 aromatic heterocycles. The van der Waals surface area contributed by atoms with Gasteiger partial charge in [-0.1, -0.05) is 37.3 Å². The van der Waals surface area contributed by atoms with Crippen molar-refractivity contribution in [3.05, 3.63) is 65.9 Å². The van der Waals surface area contributed by atoms with E-state index in [1.807, 2.05) is 59.2 Å². The molecule has 3 aliphatic heterocycles. The highest BCUT2D eigenvalue weighted by molar-refractivity contribution is 6.28. The summed E-state index contributed by atoms with van der Waals surface area (Å²) in [6.07, 6.45) is 0.663. The lowest BCUT2D eigenvalue weighted by atomic mass is 10.1. The minimum Gasteiger partial charge on any atom is -0.508 e. The van der Waals surface area contributed by atoms with E-state index in [0.29, 0.717) is 18.2 Å². The number of likely N-dealkylation sites (N-methyl/N-ethyl adjacent to an activating group) is 2. The lowest BCUT2D eigenvalue weighted by molar-refractivity contribution is -0.130. The summed E-state index contributed by atoms with van der Waals surface area (Å²) in [6.45, 7) is 2.04. The number of amidine groups is 1. The summed E-state index contributed by atoms with van der Waals surface area (Å²) in [5.74, 6) is 0.858. The quantitative estimate of drug-likeness (QED) is 0.775. The SMILES string of the molecule is CCC1=C(c2ccccc2)N(c2ccc(O)cc2)C2=[N+]=C3C(C(=O)N(C)C(=O)N3C)N21. The summed E-state index contributed by atoms with van der Waals surface area (Å²) in [5.41, 5.74) is 3.68. The number of urea groups is 1. The van der Waals surface area contributed by atoms with Crippen LogP contribution in [0.25, 0.3) is 5.70 Å². The monoisotopic (exact) mass is 416 g/mol. The molecule has 5 rings (SSSR count). The second-order valence-corrected chi connectivity index (χ2v) is 7.65. The summed E-state index contributed by atoms with van der Waals surface area (Å²) in [7, 11) is 3.13. The number of benzene rings is 2. The predicted molar refractivity (Wildman–Crippen MR) is 118 cm³/mol. The molecule has 156 valence electrons. The molecule has 1 saturated heterocycles. The Hall–Kier alpha value is -4.03. The van der Waals surface area contributed by atoms with Gasteiger partial charge in [0.25, 0.3) is 5.91 Å². The van der Waals surface area contributed by atoms with Crippen molar-refractivity contribution in [2.45, 2.75) is 19.4 Å². The van der Waals surface area contributed by atoms with Crippen molar-refractivity contribution in [1.29, 1.82) is 0 Å². The number of imide groups is 1. The van der Waals surface area contributed by atoms with Crippen LogP contribution in [0.1, 0.15) is 18.9 Å². The van der Waals surface area contributed by atoms with Crippen molar-refractivity contribution in [2.75, 3.05) is 19.0 Å². The smallest absolute Gasteiger partial charge is 0.415 e. The minimum atomic E-state index is -0.696. The number of phenols is 1. The van der Waals surface area contributed by atoms with Gasteiger partial charge < -0.3 is 5.11 Å². The van der Waals surface area contributed by atoms with Crippen LogP contribution in [0.15, 0.2) is 60.3 Å². The zero-order valence-corrected chi connectivity index (χ0v) is 17.5. The molecule has 8 heteroatoms. The Labute approximate surface area is 179 Å². The Morgan fingerprint density at radius 2 is 1.65 bits per heavy atom. The number of amides is 3. The summed E-state index contributed by atoms with van der Waals surface area (Å²) >= 11 is 0. The molecule has 0 aliphatic carbocycles. The Bertz CT molecular complexity index is 1200. The van der Waals surface area contributed by atoms with Crippen LogP contribution in [0.5, 0.6) is 5.75 Å². The number of rotatable bonds is 3. The van der Waals surface area contributed by atoms with Crippen LogP contribution in [0.2, 0.25) is 0 Å². The highest BCUT2D eigenvalue weighted by atomic mass is 16.3. The van der Waals surface area contributed by atoms with Gasteiger partial charge in [-0.15, -0.1) is 0 Å². The first-order valence-electron chi connectivity index (χ1n) is 10.1. The molecule has 0 spiro atoms. The second-order valence-electron chi connectivity index (χ2n) is 7.65. The maximum absolute atomic E-state index is 13.2. The van der Waals surface area contributed by atoms with E-state index in [-0.39, 0.29) is 11.7 Å². The van der Waals surface area contributed by atoms with Crippen LogP contribution in [0.3, 0.4) is 0 Å². The third kappa shape index (κ3) is 2.59. The molecular formula is C23H22N5O3+. The van der Waals surface area contributed by atoms with E-state index in [2.05, 4.69) is 0 Å². The number of aromatic hydroxyl groups is 1. The Morgan fingerprint density at radius 3 is 2.29 bits per heavy atom. The lowest BCUT2D eigenvalue weighted by Gasteiger charge is -2.31. The van der Waals surface area contributed by atoms with Crippen molar-refractivity contribution in [3.63, 3.8) is 0 Å². The van der Waals surface area contributed by atoms with E-state index >= 15 is 0 Å². The van der Waals surface area contributed by atoms with E-state index in [1.165, 1.54) is 11.9 Å². The van der Waals surface area contributed by atoms with Crippen LogP contribution in [0, 0.1) is 0 Å². The summed E-state index contributed by atoms with van der Waals surface area (Å²) in [5, 5.41) is 9.79. The van der Waals surface area contributed by atoms with Crippen molar-refractivity contribution in [2.24, 2.45) is 0 Å². The number of hydrogen-bond acceptors (Lipinski definition) is 5. The molecule has 0 bridgehead atoms. The molecule has 1 atom stereocenters. The van der Waals surface area contributed by atoms with Gasteiger partial charge in [-0.05, 0) is 30.7 Å². The molecule has 3 aliphatic rings. The largest absolute Gasteiger partial charge is 0.508 e. The Balaban J connectivity index is 1.77. The van der Waals surface area contributed by atoms with Crippen molar-refractivity contribution < 1.29 is 14.7 Å². The van der Waals surface area contributed by atoms with Crippen LogP contribution >= 0.6 is 0 Å². The van der Waals surface area contributed by atoms with Gasteiger partial charge in [-0.3, -0.25) is 9.69 Å². The Morgan fingerprint density at radius 1 is 0.968 bits per heavy atom. The number of carbonyl (C=O) groups is 2. The van der Waals surface area contributed by atoms with Crippen LogP contribution in [-0.4, -0.2) is 63.7 Å². The summed E-state index contributed by atoms with van der Waals surface area (Å²) in [6, 6.07) is 15.7. The van der Waals surface area contributed by atoms with Gasteiger partial charge in [-0.2, -0.15) is 0 Å². The molecule has 0 radical (unpaired) electrons. The number of fused-ring (bicyclic) bond motifs is 3. The number of nitrogens with zero attached hydrogens (tertiary/aromatic N) is 5. The van der Waals surface area contributed by atoms with Crippen LogP contribution < -0.4 is 9.57 Å². The summed E-state index contributed by atoms with van der Waals surface area (Å²) in [4.78, 5) is 32.2. The average Bonchev–Trinajstić information content (AvgIpc) is 3.32. The maximum Gasteiger partial charge on any atom is 0.415 e. The first-order chi connectivity index (χ1) is 14.9. The number of anilines is 1. The van der Waals surface area contributed by atoms with Crippen molar-refractivity contribution in [1.82, 2.24) is 19.4 Å². The van der Waals surface area contributed by atoms with E-state index in [9.17, 15) is 14.7 Å². The highest BCUT2D eigenvalue weighted by Crippen LogP contribution is 2.41. The molecule has 8 nitrogen and oxygen atoms in total. The van der Waals surface area contributed by atoms with Gasteiger partial charge in [0.2, 0.25) is 6.04 Å². The van der Waals surface area contributed by atoms with Crippen molar-refractivity contribution in [3.8, 4) is 5.75 Å².